The first-order chi connectivity index (χ1) is 11.6. The summed E-state index contributed by atoms with van der Waals surface area (Å²) in [6, 6.07) is 2.44. The van der Waals surface area contributed by atoms with Gasteiger partial charge in [-0.3, -0.25) is 4.90 Å². The van der Waals surface area contributed by atoms with Gasteiger partial charge in [0.15, 0.2) is 11.7 Å². The summed E-state index contributed by atoms with van der Waals surface area (Å²) in [7, 11) is 0. The molecule has 0 saturated carbocycles. The van der Waals surface area contributed by atoms with Gasteiger partial charge in [-0.15, -0.1) is 24.0 Å². The summed E-state index contributed by atoms with van der Waals surface area (Å²) in [6.45, 7) is 14.8. The first-order valence-electron chi connectivity index (χ1n) is 8.96. The first kappa shape index (κ1) is 22.0. The van der Waals surface area contributed by atoms with Crippen molar-refractivity contribution in [1.82, 2.24) is 20.7 Å². The number of hydrogen-bond acceptors (Lipinski definition) is 4. The van der Waals surface area contributed by atoms with E-state index in [1.54, 1.807) is 0 Å². The van der Waals surface area contributed by atoms with Gasteiger partial charge >= 0.3 is 0 Å². The third kappa shape index (κ3) is 7.77. The maximum atomic E-state index is 5.30. The van der Waals surface area contributed by atoms with Crippen molar-refractivity contribution in [2.75, 3.05) is 26.2 Å². The number of likely N-dealkylation sites (tertiary alicyclic amines) is 1. The molecule has 0 amide bonds. The van der Waals surface area contributed by atoms with Crippen molar-refractivity contribution < 1.29 is 4.52 Å². The van der Waals surface area contributed by atoms with Crippen LogP contribution >= 0.6 is 24.0 Å². The molecule has 0 atom stereocenters. The van der Waals surface area contributed by atoms with Crippen LogP contribution in [0.1, 0.15) is 45.1 Å². The smallest absolute Gasteiger partial charge is 0.191 e. The number of guanidine groups is 1. The summed E-state index contributed by atoms with van der Waals surface area (Å²) in [6.07, 6.45) is 3.13. The zero-order valence-electron chi connectivity index (χ0n) is 15.7. The van der Waals surface area contributed by atoms with Crippen molar-refractivity contribution in [3.8, 4) is 0 Å². The van der Waals surface area contributed by atoms with E-state index in [0.29, 0.717) is 12.6 Å². The van der Waals surface area contributed by atoms with E-state index in [4.69, 9.17) is 4.52 Å². The Morgan fingerprint density at radius 1 is 1.40 bits per heavy atom. The van der Waals surface area contributed by atoms with Gasteiger partial charge in [-0.05, 0) is 33.1 Å². The van der Waals surface area contributed by atoms with E-state index in [0.717, 1.165) is 62.9 Å². The Bertz CT molecular complexity index is 549. The zero-order chi connectivity index (χ0) is 17.4. The molecule has 0 unspecified atom stereocenters. The average molecular weight is 461 g/mol. The lowest BCUT2D eigenvalue weighted by molar-refractivity contribution is 0.221. The summed E-state index contributed by atoms with van der Waals surface area (Å²) >= 11 is 0. The highest BCUT2D eigenvalue weighted by Crippen LogP contribution is 2.11. The van der Waals surface area contributed by atoms with E-state index >= 15 is 0 Å². The van der Waals surface area contributed by atoms with Crippen LogP contribution in [0.3, 0.4) is 0 Å². The molecule has 1 fully saturated rings. The normalized spacial score (nSPS) is 16.4. The lowest BCUT2D eigenvalue weighted by atomic mass is 10.0. The Kier molecular flexibility index (Phi) is 10.1. The molecule has 1 aromatic rings. The highest BCUT2D eigenvalue weighted by atomic mass is 127. The number of aliphatic imine (C=N–C) groups is 1. The maximum absolute atomic E-state index is 5.30. The van der Waals surface area contributed by atoms with Crippen LogP contribution in [-0.2, 0) is 13.0 Å². The van der Waals surface area contributed by atoms with Crippen molar-refractivity contribution in [2.24, 2.45) is 4.99 Å². The second kappa shape index (κ2) is 11.5. The number of hydrogen-bond donors (Lipinski definition) is 2. The van der Waals surface area contributed by atoms with Crippen LogP contribution in [0.5, 0.6) is 0 Å². The van der Waals surface area contributed by atoms with Gasteiger partial charge in [0.2, 0.25) is 0 Å². The van der Waals surface area contributed by atoms with Crippen molar-refractivity contribution >= 4 is 29.9 Å². The molecular formula is C18H32IN5O. The summed E-state index contributed by atoms with van der Waals surface area (Å²) in [4.78, 5) is 7.09. The summed E-state index contributed by atoms with van der Waals surface area (Å²) < 4.78 is 5.30. The van der Waals surface area contributed by atoms with Gasteiger partial charge in [-0.1, -0.05) is 24.2 Å². The molecule has 0 radical (unpaired) electrons. The van der Waals surface area contributed by atoms with Gasteiger partial charge in [-0.25, -0.2) is 4.99 Å². The maximum Gasteiger partial charge on any atom is 0.191 e. The highest BCUT2D eigenvalue weighted by molar-refractivity contribution is 14.0. The zero-order valence-corrected chi connectivity index (χ0v) is 18.0. The van der Waals surface area contributed by atoms with Crippen LogP contribution in [0.15, 0.2) is 27.7 Å². The van der Waals surface area contributed by atoms with Gasteiger partial charge in [0, 0.05) is 38.3 Å². The minimum atomic E-state index is 0. The van der Waals surface area contributed by atoms with E-state index in [9.17, 15) is 0 Å². The first-order valence-corrected chi connectivity index (χ1v) is 8.96. The van der Waals surface area contributed by atoms with Crippen molar-refractivity contribution in [3.63, 3.8) is 0 Å². The molecule has 1 aromatic heterocycles. The number of aryl methyl sites for hydroxylation is 1. The quantitative estimate of drug-likeness (QED) is 0.283. The minimum absolute atomic E-state index is 0. The standard InChI is InChI=1S/C18H31N5O.HI/c1-5-15-11-17(24-22-15)12-20-18(19-6-2)21-16-7-9-23(10-8-16)13-14(3)4;/h11,16H,3,5-10,12-13H2,1-2,4H3,(H2,19,20,21);1H. The molecular weight excluding hydrogens is 429 g/mol. The Balaban J connectivity index is 0.00000312. The summed E-state index contributed by atoms with van der Waals surface area (Å²) in [5, 5.41) is 10.9. The third-order valence-electron chi connectivity index (χ3n) is 4.13. The van der Waals surface area contributed by atoms with E-state index < -0.39 is 0 Å². The number of aromatic nitrogens is 1. The van der Waals surface area contributed by atoms with Crippen LogP contribution in [0.4, 0.5) is 0 Å². The molecule has 25 heavy (non-hydrogen) atoms. The van der Waals surface area contributed by atoms with E-state index in [1.165, 1.54) is 5.57 Å². The van der Waals surface area contributed by atoms with Gasteiger partial charge in [-0.2, -0.15) is 0 Å². The SMILES string of the molecule is C=C(C)CN1CCC(NC(=NCc2cc(CC)no2)NCC)CC1.I. The van der Waals surface area contributed by atoms with Crippen LogP contribution in [-0.4, -0.2) is 48.2 Å². The molecule has 7 heteroatoms. The number of nitrogens with one attached hydrogen (secondary N) is 2. The van der Waals surface area contributed by atoms with Crippen molar-refractivity contribution in [3.05, 3.63) is 29.7 Å². The fraction of sp³-hybridized carbons (Fsp3) is 0.667. The topological polar surface area (TPSA) is 65.7 Å². The van der Waals surface area contributed by atoms with Crippen molar-refractivity contribution in [2.45, 2.75) is 52.6 Å². The fourth-order valence-electron chi connectivity index (χ4n) is 2.88. The molecule has 0 aromatic carbocycles. The second-order valence-electron chi connectivity index (χ2n) is 6.49. The molecule has 0 bridgehead atoms. The van der Waals surface area contributed by atoms with E-state index in [-0.39, 0.29) is 24.0 Å². The van der Waals surface area contributed by atoms with Gasteiger partial charge in [0.25, 0.3) is 0 Å². The minimum Gasteiger partial charge on any atom is -0.359 e. The second-order valence-corrected chi connectivity index (χ2v) is 6.49. The van der Waals surface area contributed by atoms with Crippen LogP contribution in [0.2, 0.25) is 0 Å². The number of rotatable bonds is 7. The molecule has 2 rings (SSSR count). The van der Waals surface area contributed by atoms with Crippen LogP contribution < -0.4 is 10.6 Å². The Hall–Kier alpha value is -1.09. The predicted octanol–water partition coefficient (Wildman–Crippen LogP) is 2.95. The molecule has 142 valence electrons. The lowest BCUT2D eigenvalue weighted by Crippen LogP contribution is -2.48. The number of halogens is 1. The molecule has 0 spiro atoms. The molecule has 1 saturated heterocycles. The Labute approximate surface area is 168 Å². The molecule has 1 aliphatic heterocycles. The highest BCUT2D eigenvalue weighted by Gasteiger charge is 2.19. The molecule has 2 heterocycles. The van der Waals surface area contributed by atoms with Gasteiger partial charge in [0.1, 0.15) is 6.54 Å². The van der Waals surface area contributed by atoms with Gasteiger partial charge < -0.3 is 15.2 Å². The van der Waals surface area contributed by atoms with Gasteiger partial charge in [0.05, 0.1) is 5.69 Å². The van der Waals surface area contributed by atoms with E-state index in [2.05, 4.69) is 53.0 Å². The predicted molar refractivity (Wildman–Crippen MR) is 114 cm³/mol. The largest absolute Gasteiger partial charge is 0.359 e. The third-order valence-corrected chi connectivity index (χ3v) is 4.13. The molecule has 1 aliphatic rings. The monoisotopic (exact) mass is 461 g/mol. The molecule has 0 aliphatic carbocycles. The van der Waals surface area contributed by atoms with E-state index in [1.807, 2.05) is 6.07 Å². The molecule has 2 N–H and O–H groups in total. The lowest BCUT2D eigenvalue weighted by Gasteiger charge is -2.33. The van der Waals surface area contributed by atoms with Crippen LogP contribution in [0, 0.1) is 0 Å². The Morgan fingerprint density at radius 2 is 2.12 bits per heavy atom. The summed E-state index contributed by atoms with van der Waals surface area (Å²) in [5.41, 5.74) is 2.21. The number of piperidine rings is 1. The molecule has 6 nitrogen and oxygen atoms in total. The van der Waals surface area contributed by atoms with Crippen molar-refractivity contribution in [1.29, 1.82) is 0 Å². The fourth-order valence-corrected chi connectivity index (χ4v) is 2.88. The Morgan fingerprint density at radius 3 is 2.68 bits per heavy atom. The van der Waals surface area contributed by atoms with Crippen LogP contribution in [0.25, 0.3) is 0 Å². The number of nitrogens with zero attached hydrogens (tertiary/aromatic N) is 3. The summed E-state index contributed by atoms with van der Waals surface area (Å²) in [5.74, 6) is 1.66. The average Bonchev–Trinajstić information content (AvgIpc) is 3.02.